The van der Waals surface area contributed by atoms with Crippen molar-refractivity contribution in [2.45, 2.75) is 20.8 Å². The van der Waals surface area contributed by atoms with Gasteiger partial charge in [-0.05, 0) is 18.2 Å². The van der Waals surface area contributed by atoms with Gasteiger partial charge < -0.3 is 9.29 Å². The molecule has 0 amide bonds. The van der Waals surface area contributed by atoms with Gasteiger partial charge in [0.1, 0.15) is 0 Å². The summed E-state index contributed by atoms with van der Waals surface area (Å²) in [5, 5.41) is 8.92. The van der Waals surface area contributed by atoms with Gasteiger partial charge in [0.25, 0.3) is 0 Å². The third-order valence-corrected chi connectivity index (χ3v) is 6.84. The molecule has 4 nitrogen and oxygen atoms in total. The second-order valence-corrected chi connectivity index (χ2v) is 7.92. The average Bonchev–Trinajstić information content (AvgIpc) is 2.45. The van der Waals surface area contributed by atoms with E-state index in [9.17, 15) is 9.59 Å². The summed E-state index contributed by atoms with van der Waals surface area (Å²) in [5.74, 6) is 0.998. The van der Waals surface area contributed by atoms with Crippen LogP contribution in [0.1, 0.15) is 41.5 Å². The predicted molar refractivity (Wildman–Crippen MR) is 86.6 cm³/mol. The molecular weight excluding hydrogens is 304 g/mol. The molecule has 0 radical (unpaired) electrons. The van der Waals surface area contributed by atoms with Crippen LogP contribution in [0, 0.1) is 0 Å². The number of benzene rings is 1. The molecule has 1 aromatic rings. The molecule has 0 aromatic heterocycles. The third-order valence-electron chi connectivity index (χ3n) is 3.18. The van der Waals surface area contributed by atoms with Crippen molar-refractivity contribution in [3.05, 3.63) is 35.4 Å². The molecule has 0 atom stereocenters. The molecule has 1 rings (SSSR count). The van der Waals surface area contributed by atoms with E-state index in [1.165, 1.54) is 12.1 Å². The Labute approximate surface area is 151 Å². The van der Waals surface area contributed by atoms with Crippen molar-refractivity contribution in [1.82, 2.24) is 0 Å². The van der Waals surface area contributed by atoms with Gasteiger partial charge in [-0.1, -0.05) is 37.1 Å². The molecule has 0 saturated carbocycles. The van der Waals surface area contributed by atoms with Crippen LogP contribution >= 0.6 is 10.3 Å². The molecule has 0 unspecified atom stereocenters. The van der Waals surface area contributed by atoms with Crippen molar-refractivity contribution >= 4 is 60.0 Å². The van der Waals surface area contributed by atoms with E-state index >= 15 is 0 Å². The van der Waals surface area contributed by atoms with Gasteiger partial charge in [0.05, 0.1) is 11.1 Å². The second-order valence-electron chi connectivity index (χ2n) is 4.09. The Bertz CT molecular complexity index is 464. The molecule has 0 heterocycles. The first-order valence-electron chi connectivity index (χ1n) is 6.31. The number of carbonyl (C=O) groups excluding carboxylic acids is 1. The van der Waals surface area contributed by atoms with Gasteiger partial charge in [-0.3, -0.25) is 0 Å². The molecule has 0 aliphatic rings. The number of carboxylic acids is 1. The van der Waals surface area contributed by atoms with Gasteiger partial charge in [-0.25, -0.2) is 9.59 Å². The summed E-state index contributed by atoms with van der Waals surface area (Å²) in [7, 11) is -1.39. The van der Waals surface area contributed by atoms with Crippen LogP contribution in [0.5, 0.6) is 0 Å². The van der Waals surface area contributed by atoms with E-state index in [1.54, 1.807) is 12.1 Å². The number of aromatic carboxylic acids is 1. The van der Waals surface area contributed by atoms with Gasteiger partial charge in [-0.15, -0.1) is 0 Å². The van der Waals surface area contributed by atoms with Crippen molar-refractivity contribution in [2.24, 2.45) is 0 Å². The summed E-state index contributed by atoms with van der Waals surface area (Å²) < 4.78 is 5.66. The van der Waals surface area contributed by atoms with Gasteiger partial charge in [0.2, 0.25) is 0 Å². The molecule has 0 saturated heterocycles. The van der Waals surface area contributed by atoms with E-state index in [2.05, 4.69) is 0 Å². The third kappa shape index (κ3) is 4.95. The topological polar surface area (TPSA) is 63.6 Å². The van der Waals surface area contributed by atoms with Crippen molar-refractivity contribution in [3.63, 3.8) is 0 Å². The Morgan fingerprint density at radius 1 is 1.10 bits per heavy atom. The Kier molecular flexibility index (Phi) is 8.82. The molecular formula is C14H22CaO4S. The average molecular weight is 326 g/mol. The van der Waals surface area contributed by atoms with Crippen molar-refractivity contribution < 1.29 is 18.9 Å². The van der Waals surface area contributed by atoms with Gasteiger partial charge in [0.15, 0.2) is 0 Å². The quantitative estimate of drug-likeness (QED) is 0.815. The Morgan fingerprint density at radius 2 is 1.60 bits per heavy atom. The van der Waals surface area contributed by atoms with E-state index in [4.69, 9.17) is 9.29 Å². The summed E-state index contributed by atoms with van der Waals surface area (Å²) in [6.45, 7) is 6.05. The van der Waals surface area contributed by atoms with Gasteiger partial charge in [-0.2, -0.15) is 0 Å². The van der Waals surface area contributed by atoms with Crippen molar-refractivity contribution in [1.29, 1.82) is 0 Å². The number of carboxylic acid groups (broad SMARTS) is 1. The molecule has 0 bridgehead atoms. The van der Waals surface area contributed by atoms with E-state index in [1.807, 2.05) is 20.8 Å². The molecule has 20 heavy (non-hydrogen) atoms. The minimum absolute atomic E-state index is 0. The standard InChI is InChI=1S/C14H20O4S.Ca.2H/c1-4-19(5-2,6-3)18-14(17)12-9-7-8-11(10-12)13(15)16;;;/h7-10H,4-6H2,1-3H3,(H,15,16);;;. The molecule has 110 valence electrons. The number of rotatable bonds is 6. The molecule has 0 aliphatic carbocycles. The van der Waals surface area contributed by atoms with Crippen LogP contribution in [0.3, 0.4) is 0 Å². The number of hydrogen-bond donors (Lipinski definition) is 1. The normalized spacial score (nSPS) is 11.3. The first-order valence-corrected chi connectivity index (χ1v) is 8.38. The monoisotopic (exact) mass is 326 g/mol. The van der Waals surface area contributed by atoms with E-state index < -0.39 is 22.2 Å². The van der Waals surface area contributed by atoms with Crippen LogP contribution in [-0.4, -0.2) is 72.0 Å². The second kappa shape index (κ2) is 8.92. The molecule has 6 heteroatoms. The van der Waals surface area contributed by atoms with Crippen molar-refractivity contribution in [3.8, 4) is 0 Å². The van der Waals surface area contributed by atoms with Crippen LogP contribution in [-0.2, 0) is 4.18 Å². The fourth-order valence-corrected chi connectivity index (χ4v) is 3.77. The first-order chi connectivity index (χ1) is 8.98. The van der Waals surface area contributed by atoms with Crippen LogP contribution in [0.25, 0.3) is 0 Å². The summed E-state index contributed by atoms with van der Waals surface area (Å²) in [4.78, 5) is 23.0. The number of hydrogen-bond acceptors (Lipinski definition) is 3. The molecule has 1 aromatic carbocycles. The van der Waals surface area contributed by atoms with Crippen LogP contribution in [0.4, 0.5) is 0 Å². The maximum absolute atomic E-state index is 12.1. The Morgan fingerprint density at radius 3 is 2.05 bits per heavy atom. The molecule has 0 spiro atoms. The van der Waals surface area contributed by atoms with Crippen LogP contribution in [0.2, 0.25) is 0 Å². The zero-order valence-electron chi connectivity index (χ0n) is 11.5. The minimum atomic E-state index is -1.39. The molecule has 1 N–H and O–H groups in total. The fraction of sp³-hybridized carbons (Fsp3) is 0.429. The first kappa shape index (κ1) is 19.8. The van der Waals surface area contributed by atoms with E-state index in [0.717, 1.165) is 17.3 Å². The van der Waals surface area contributed by atoms with Crippen LogP contribution < -0.4 is 0 Å². The summed E-state index contributed by atoms with van der Waals surface area (Å²) in [6, 6.07) is 5.95. The van der Waals surface area contributed by atoms with Gasteiger partial charge >= 0.3 is 49.7 Å². The molecule has 0 fully saturated rings. The Balaban J connectivity index is 0.00000361. The fourth-order valence-electron chi connectivity index (χ4n) is 1.78. The summed E-state index contributed by atoms with van der Waals surface area (Å²) >= 11 is 0. The summed E-state index contributed by atoms with van der Waals surface area (Å²) in [5.41, 5.74) is 0.395. The van der Waals surface area contributed by atoms with E-state index in [0.29, 0.717) is 5.56 Å². The van der Waals surface area contributed by atoms with Crippen molar-refractivity contribution in [2.75, 3.05) is 17.3 Å². The zero-order valence-corrected chi connectivity index (χ0v) is 12.3. The van der Waals surface area contributed by atoms with Gasteiger partial charge in [0, 0.05) is 17.3 Å². The number of carbonyl (C=O) groups is 2. The van der Waals surface area contributed by atoms with E-state index in [-0.39, 0.29) is 43.3 Å². The molecule has 0 aliphatic heterocycles. The Hall–Kier alpha value is -0.230. The van der Waals surface area contributed by atoms with Crippen LogP contribution in [0.15, 0.2) is 24.3 Å². The zero-order chi connectivity index (χ0) is 14.5. The predicted octanol–water partition coefficient (Wildman–Crippen LogP) is 2.40. The maximum atomic E-state index is 12.1. The summed E-state index contributed by atoms with van der Waals surface area (Å²) in [6.07, 6.45) is 0. The SMILES string of the molecule is CCS(CC)(CC)OC(=O)c1cccc(C(=O)O)c1.[CaH2].